The van der Waals surface area contributed by atoms with E-state index in [-0.39, 0.29) is 0 Å². The van der Waals surface area contributed by atoms with Crippen LogP contribution < -0.4 is 0 Å². The van der Waals surface area contributed by atoms with Crippen LogP contribution in [0.5, 0.6) is 0 Å². The minimum atomic E-state index is -0.944. The van der Waals surface area contributed by atoms with Gasteiger partial charge in [0, 0.05) is 5.75 Å². The molecule has 0 saturated heterocycles. The average molecular weight is 286 g/mol. The Balaban J connectivity index is 1.77. The molecule has 1 N–H and O–H groups in total. The van der Waals surface area contributed by atoms with E-state index in [0.717, 1.165) is 18.0 Å². The lowest BCUT2D eigenvalue weighted by molar-refractivity contribution is -0.148. The monoisotopic (exact) mass is 286 g/mol. The fourth-order valence-corrected chi connectivity index (χ4v) is 2.86. The van der Waals surface area contributed by atoms with Crippen LogP contribution in [0.15, 0.2) is 5.16 Å². The first kappa shape index (κ1) is 14.3. The van der Waals surface area contributed by atoms with Gasteiger partial charge in [-0.15, -0.1) is 5.10 Å². The zero-order valence-corrected chi connectivity index (χ0v) is 11.7. The number of rotatable bonds is 7. The van der Waals surface area contributed by atoms with Crippen LogP contribution in [0.4, 0.5) is 0 Å². The second kappa shape index (κ2) is 6.85. The minimum absolute atomic E-state index is 0.371. The standard InChI is InChI=1S/C11H18N4O3S/c1-8(10(16)17)18-6-7-19-11-12-13-14-15(11)9-4-2-3-5-9/h8-9H,2-7H2,1H3,(H,16,17). The summed E-state index contributed by atoms with van der Waals surface area (Å²) in [7, 11) is 0. The smallest absolute Gasteiger partial charge is 0.332 e. The van der Waals surface area contributed by atoms with Crippen molar-refractivity contribution < 1.29 is 14.6 Å². The third kappa shape index (κ3) is 3.90. The highest BCUT2D eigenvalue weighted by molar-refractivity contribution is 7.99. The molecule has 1 atom stereocenters. The summed E-state index contributed by atoms with van der Waals surface area (Å²) < 4.78 is 7.06. The maximum atomic E-state index is 10.6. The summed E-state index contributed by atoms with van der Waals surface area (Å²) in [5.41, 5.74) is 0. The molecule has 1 aromatic heterocycles. The lowest BCUT2D eigenvalue weighted by atomic mass is 10.3. The summed E-state index contributed by atoms with van der Waals surface area (Å²) in [5.74, 6) is -0.300. The summed E-state index contributed by atoms with van der Waals surface area (Å²) in [6.45, 7) is 1.89. The number of thioether (sulfide) groups is 1. The van der Waals surface area contributed by atoms with Gasteiger partial charge in [0.1, 0.15) is 0 Å². The van der Waals surface area contributed by atoms with Gasteiger partial charge < -0.3 is 9.84 Å². The van der Waals surface area contributed by atoms with E-state index in [4.69, 9.17) is 9.84 Å². The molecule has 1 unspecified atom stereocenters. The van der Waals surface area contributed by atoms with Crippen LogP contribution in [0.2, 0.25) is 0 Å². The van der Waals surface area contributed by atoms with E-state index < -0.39 is 12.1 Å². The molecular weight excluding hydrogens is 268 g/mol. The van der Waals surface area contributed by atoms with E-state index in [1.807, 2.05) is 4.68 Å². The van der Waals surface area contributed by atoms with Crippen LogP contribution in [0.3, 0.4) is 0 Å². The molecule has 0 aromatic carbocycles. The first-order valence-corrected chi connectivity index (χ1v) is 7.42. The van der Waals surface area contributed by atoms with Crippen LogP contribution in [-0.2, 0) is 9.53 Å². The van der Waals surface area contributed by atoms with Crippen LogP contribution in [0, 0.1) is 0 Å². The number of carboxylic acid groups (broad SMARTS) is 1. The normalized spacial score (nSPS) is 17.7. The van der Waals surface area contributed by atoms with E-state index in [0.29, 0.717) is 18.4 Å². The lowest BCUT2D eigenvalue weighted by Gasteiger charge is -2.11. The number of aromatic nitrogens is 4. The number of tetrazole rings is 1. The molecule has 0 radical (unpaired) electrons. The molecule has 1 aromatic rings. The van der Waals surface area contributed by atoms with Crippen molar-refractivity contribution in [2.24, 2.45) is 0 Å². The van der Waals surface area contributed by atoms with Crippen LogP contribution >= 0.6 is 11.8 Å². The highest BCUT2D eigenvalue weighted by Gasteiger charge is 2.21. The number of hydrogen-bond acceptors (Lipinski definition) is 6. The Morgan fingerprint density at radius 3 is 3.00 bits per heavy atom. The first-order chi connectivity index (χ1) is 9.18. The zero-order chi connectivity index (χ0) is 13.7. The number of carboxylic acids is 1. The summed E-state index contributed by atoms with van der Waals surface area (Å²) in [5, 5.41) is 21.2. The molecule has 0 spiro atoms. The first-order valence-electron chi connectivity index (χ1n) is 6.43. The Hall–Kier alpha value is -1.15. The highest BCUT2D eigenvalue weighted by Crippen LogP contribution is 2.31. The number of carbonyl (C=O) groups is 1. The third-order valence-electron chi connectivity index (χ3n) is 3.16. The quantitative estimate of drug-likeness (QED) is 0.598. The minimum Gasteiger partial charge on any atom is -0.479 e. The van der Waals surface area contributed by atoms with Crippen LogP contribution in [0.1, 0.15) is 38.6 Å². The van der Waals surface area contributed by atoms with Crippen molar-refractivity contribution in [2.75, 3.05) is 12.4 Å². The number of hydrogen-bond donors (Lipinski definition) is 1. The summed E-state index contributed by atoms with van der Waals surface area (Å²) >= 11 is 1.50. The molecule has 1 aliphatic carbocycles. The van der Waals surface area contributed by atoms with E-state index >= 15 is 0 Å². The molecule has 1 fully saturated rings. The van der Waals surface area contributed by atoms with E-state index in [9.17, 15) is 4.79 Å². The van der Waals surface area contributed by atoms with Gasteiger partial charge in [-0.2, -0.15) is 0 Å². The predicted molar refractivity (Wildman–Crippen MR) is 69.1 cm³/mol. The topological polar surface area (TPSA) is 90.1 Å². The van der Waals surface area contributed by atoms with Gasteiger partial charge in [0.15, 0.2) is 6.10 Å². The fraction of sp³-hybridized carbons (Fsp3) is 0.818. The molecule has 1 aliphatic rings. The van der Waals surface area contributed by atoms with Crippen molar-refractivity contribution >= 4 is 17.7 Å². The Labute approximate surface area is 115 Å². The molecule has 0 amide bonds. The Morgan fingerprint density at radius 2 is 2.32 bits per heavy atom. The van der Waals surface area contributed by atoms with Gasteiger partial charge in [-0.1, -0.05) is 24.6 Å². The largest absolute Gasteiger partial charge is 0.479 e. The molecular formula is C11H18N4O3S. The molecule has 0 bridgehead atoms. The Bertz CT molecular complexity index is 420. The maximum absolute atomic E-state index is 10.6. The van der Waals surface area contributed by atoms with Gasteiger partial charge in [-0.3, -0.25) is 0 Å². The highest BCUT2D eigenvalue weighted by atomic mass is 32.2. The fourth-order valence-electron chi connectivity index (χ4n) is 2.09. The number of nitrogens with zero attached hydrogens (tertiary/aromatic N) is 4. The molecule has 1 saturated carbocycles. The van der Waals surface area contributed by atoms with Gasteiger partial charge >= 0.3 is 5.97 Å². The molecule has 106 valence electrons. The summed E-state index contributed by atoms with van der Waals surface area (Å²) in [4.78, 5) is 10.6. The number of ether oxygens (including phenoxy) is 1. The average Bonchev–Trinajstić information content (AvgIpc) is 3.04. The predicted octanol–water partition coefficient (Wildman–Crippen LogP) is 1.37. The zero-order valence-electron chi connectivity index (χ0n) is 10.9. The lowest BCUT2D eigenvalue weighted by Crippen LogP contribution is -2.21. The molecule has 7 nitrogen and oxygen atoms in total. The van der Waals surface area contributed by atoms with Gasteiger partial charge in [0.25, 0.3) is 0 Å². The van der Waals surface area contributed by atoms with Crippen molar-refractivity contribution in [1.82, 2.24) is 20.2 Å². The van der Waals surface area contributed by atoms with Gasteiger partial charge in [0.05, 0.1) is 12.6 Å². The SMILES string of the molecule is CC(OCCSc1nnnn1C1CCCC1)C(=O)O. The van der Waals surface area contributed by atoms with Gasteiger partial charge in [0.2, 0.25) is 5.16 Å². The van der Waals surface area contributed by atoms with Crippen LogP contribution in [-0.4, -0.2) is 49.7 Å². The van der Waals surface area contributed by atoms with E-state index in [1.165, 1.54) is 31.5 Å². The van der Waals surface area contributed by atoms with Gasteiger partial charge in [-0.05, 0) is 30.2 Å². The van der Waals surface area contributed by atoms with Crippen molar-refractivity contribution in [3.05, 3.63) is 0 Å². The van der Waals surface area contributed by atoms with Crippen molar-refractivity contribution in [3.8, 4) is 0 Å². The maximum Gasteiger partial charge on any atom is 0.332 e. The Morgan fingerprint density at radius 1 is 1.58 bits per heavy atom. The van der Waals surface area contributed by atoms with Crippen molar-refractivity contribution in [2.45, 2.75) is 49.9 Å². The molecule has 1 heterocycles. The molecule has 2 rings (SSSR count). The van der Waals surface area contributed by atoms with Gasteiger partial charge in [-0.25, -0.2) is 9.48 Å². The molecule has 0 aliphatic heterocycles. The molecule has 19 heavy (non-hydrogen) atoms. The second-order valence-electron chi connectivity index (χ2n) is 4.54. The van der Waals surface area contributed by atoms with Crippen molar-refractivity contribution in [1.29, 1.82) is 0 Å². The third-order valence-corrected chi connectivity index (χ3v) is 4.06. The van der Waals surface area contributed by atoms with E-state index in [2.05, 4.69) is 15.5 Å². The summed E-state index contributed by atoms with van der Waals surface area (Å²) in [6, 6.07) is 0.413. The number of aliphatic carboxylic acids is 1. The van der Waals surface area contributed by atoms with Crippen molar-refractivity contribution in [3.63, 3.8) is 0 Å². The van der Waals surface area contributed by atoms with E-state index in [1.54, 1.807) is 0 Å². The molecule has 8 heteroatoms. The Kier molecular flexibility index (Phi) is 5.15. The second-order valence-corrected chi connectivity index (χ2v) is 5.61. The summed E-state index contributed by atoms with van der Waals surface area (Å²) in [6.07, 6.45) is 3.95. The van der Waals surface area contributed by atoms with Crippen LogP contribution in [0.25, 0.3) is 0 Å².